The zero-order chi connectivity index (χ0) is 18.5. The molecule has 0 saturated carbocycles. The predicted molar refractivity (Wildman–Crippen MR) is 102 cm³/mol. The molecule has 1 aromatic heterocycles. The number of carbonyl (C=O) groups is 1. The number of hydrogen-bond acceptors (Lipinski definition) is 4. The molecule has 2 aromatic carbocycles. The molecule has 132 valence electrons. The molecular weight excluding hydrogens is 330 g/mol. The van der Waals surface area contributed by atoms with Crippen LogP contribution < -0.4 is 15.5 Å². The number of para-hydroxylation sites is 1. The van der Waals surface area contributed by atoms with Crippen LogP contribution in [0.15, 0.2) is 70.1 Å². The molecule has 3 aromatic rings. The highest BCUT2D eigenvalue weighted by Crippen LogP contribution is 2.17. The smallest absolute Gasteiger partial charge is 0.248 e. The lowest BCUT2D eigenvalue weighted by molar-refractivity contribution is -0.111. The van der Waals surface area contributed by atoms with Gasteiger partial charge in [0.15, 0.2) is 5.43 Å². The monoisotopic (exact) mass is 349 g/mol. The van der Waals surface area contributed by atoms with Crippen molar-refractivity contribution < 1.29 is 13.9 Å². The molecule has 0 aliphatic heterocycles. The summed E-state index contributed by atoms with van der Waals surface area (Å²) in [5.41, 5.74) is 1.30. The Balaban J connectivity index is 1.70. The van der Waals surface area contributed by atoms with Crippen molar-refractivity contribution in [3.8, 4) is 5.75 Å². The number of rotatable bonds is 5. The molecule has 0 aliphatic rings. The minimum atomic E-state index is -0.338. The van der Waals surface area contributed by atoms with Crippen molar-refractivity contribution in [1.82, 2.24) is 0 Å². The Kier molecular flexibility index (Phi) is 5.17. The van der Waals surface area contributed by atoms with Gasteiger partial charge in [0, 0.05) is 11.8 Å². The summed E-state index contributed by atoms with van der Waals surface area (Å²) < 4.78 is 11.0. The molecule has 1 heterocycles. The lowest BCUT2D eigenvalue weighted by Crippen LogP contribution is -2.09. The van der Waals surface area contributed by atoms with Crippen LogP contribution in [0.2, 0.25) is 0 Å². The molecule has 0 aliphatic carbocycles. The average Bonchev–Trinajstić information content (AvgIpc) is 2.63. The van der Waals surface area contributed by atoms with Crippen LogP contribution in [0, 0.1) is 0 Å². The van der Waals surface area contributed by atoms with Gasteiger partial charge >= 0.3 is 0 Å². The summed E-state index contributed by atoms with van der Waals surface area (Å²) in [5.74, 6) is 0.400. The van der Waals surface area contributed by atoms with Crippen LogP contribution in [0.5, 0.6) is 5.75 Å². The van der Waals surface area contributed by atoms with E-state index in [4.69, 9.17) is 9.15 Å². The number of hydrogen-bond donors (Lipinski definition) is 1. The molecule has 0 saturated heterocycles. The van der Waals surface area contributed by atoms with Gasteiger partial charge in [-0.3, -0.25) is 9.59 Å². The molecule has 5 nitrogen and oxygen atoms in total. The van der Waals surface area contributed by atoms with Crippen molar-refractivity contribution in [2.24, 2.45) is 0 Å². The highest BCUT2D eigenvalue weighted by atomic mass is 16.5. The number of ether oxygens (including phenoxy) is 1. The first-order chi connectivity index (χ1) is 12.5. The molecule has 1 amide bonds. The van der Waals surface area contributed by atoms with Gasteiger partial charge in [0.1, 0.15) is 17.6 Å². The first-order valence-electron chi connectivity index (χ1n) is 8.29. The van der Waals surface area contributed by atoms with Gasteiger partial charge < -0.3 is 14.5 Å². The van der Waals surface area contributed by atoms with Crippen LogP contribution in [-0.2, 0) is 4.79 Å². The Hall–Kier alpha value is -3.34. The van der Waals surface area contributed by atoms with Gasteiger partial charge in [-0.15, -0.1) is 0 Å². The van der Waals surface area contributed by atoms with Gasteiger partial charge in [0.05, 0.1) is 17.1 Å². The van der Waals surface area contributed by atoms with Gasteiger partial charge in [0.2, 0.25) is 5.91 Å². The number of nitrogens with one attached hydrogen (secondary N) is 1. The third-order valence-electron chi connectivity index (χ3n) is 3.61. The fourth-order valence-corrected chi connectivity index (χ4v) is 2.45. The summed E-state index contributed by atoms with van der Waals surface area (Å²) in [5, 5.41) is 3.22. The fraction of sp³-hybridized carbons (Fsp3) is 0.143. The molecule has 1 N–H and O–H groups in total. The number of carbonyl (C=O) groups excluding carboxylic acids is 1. The maximum Gasteiger partial charge on any atom is 0.248 e. The topological polar surface area (TPSA) is 68.5 Å². The Bertz CT molecular complexity index is 1000. The standard InChI is InChI=1S/C21H19NO4/c1-14(2)26-17-10-8-16(9-11-17)22-20(23)12-7-15-13-25-19-6-4-3-5-18(19)21(15)24/h3-14H,1-2H3,(H,22,23)/b12-7+. The van der Waals surface area contributed by atoms with E-state index < -0.39 is 0 Å². The largest absolute Gasteiger partial charge is 0.491 e. The first kappa shape index (κ1) is 17.5. The van der Waals surface area contributed by atoms with Crippen LogP contribution in [0.25, 0.3) is 17.0 Å². The van der Waals surface area contributed by atoms with Gasteiger partial charge in [-0.1, -0.05) is 12.1 Å². The minimum Gasteiger partial charge on any atom is -0.491 e. The summed E-state index contributed by atoms with van der Waals surface area (Å²) in [7, 11) is 0. The summed E-state index contributed by atoms with van der Waals surface area (Å²) in [4.78, 5) is 24.4. The molecule has 5 heteroatoms. The van der Waals surface area contributed by atoms with E-state index in [0.29, 0.717) is 22.2 Å². The molecular formula is C21H19NO4. The number of anilines is 1. The summed E-state index contributed by atoms with van der Waals surface area (Å²) in [6.07, 6.45) is 4.20. The number of benzene rings is 2. The molecule has 3 rings (SSSR count). The van der Waals surface area contributed by atoms with E-state index in [1.54, 1.807) is 48.5 Å². The second kappa shape index (κ2) is 7.70. The van der Waals surface area contributed by atoms with Gasteiger partial charge in [-0.05, 0) is 56.3 Å². The van der Waals surface area contributed by atoms with E-state index in [0.717, 1.165) is 5.75 Å². The van der Waals surface area contributed by atoms with Gasteiger partial charge in [0.25, 0.3) is 0 Å². The van der Waals surface area contributed by atoms with E-state index in [1.807, 2.05) is 13.8 Å². The predicted octanol–water partition coefficient (Wildman–Crippen LogP) is 4.23. The molecule has 0 fully saturated rings. The lowest BCUT2D eigenvalue weighted by atomic mass is 10.1. The van der Waals surface area contributed by atoms with E-state index in [2.05, 4.69) is 5.32 Å². The van der Waals surface area contributed by atoms with E-state index in [9.17, 15) is 9.59 Å². The lowest BCUT2D eigenvalue weighted by Gasteiger charge is -2.10. The Morgan fingerprint density at radius 1 is 1.12 bits per heavy atom. The van der Waals surface area contributed by atoms with Crippen LogP contribution in [0.1, 0.15) is 19.4 Å². The zero-order valence-electron chi connectivity index (χ0n) is 14.6. The van der Waals surface area contributed by atoms with E-state index in [-0.39, 0.29) is 17.4 Å². The number of fused-ring (bicyclic) bond motifs is 1. The minimum absolute atomic E-state index is 0.0898. The van der Waals surface area contributed by atoms with Crippen LogP contribution >= 0.6 is 0 Å². The van der Waals surface area contributed by atoms with Gasteiger partial charge in [-0.2, -0.15) is 0 Å². The average molecular weight is 349 g/mol. The van der Waals surface area contributed by atoms with Crippen LogP contribution in [-0.4, -0.2) is 12.0 Å². The second-order valence-corrected chi connectivity index (χ2v) is 6.03. The highest BCUT2D eigenvalue weighted by molar-refractivity contribution is 6.02. The Labute approximate surface area is 150 Å². The normalized spacial score (nSPS) is 11.2. The Morgan fingerprint density at radius 2 is 1.85 bits per heavy atom. The molecule has 0 bridgehead atoms. The third kappa shape index (κ3) is 4.19. The van der Waals surface area contributed by atoms with Crippen molar-refractivity contribution >= 4 is 28.6 Å². The fourth-order valence-electron chi connectivity index (χ4n) is 2.45. The molecule has 0 atom stereocenters. The SMILES string of the molecule is CC(C)Oc1ccc(NC(=O)/C=C/c2coc3ccccc3c2=O)cc1. The molecule has 0 radical (unpaired) electrons. The van der Waals surface area contributed by atoms with Crippen LogP contribution in [0.3, 0.4) is 0 Å². The van der Waals surface area contributed by atoms with Crippen molar-refractivity contribution in [2.75, 3.05) is 5.32 Å². The maximum atomic E-state index is 12.4. The molecule has 0 unspecified atom stereocenters. The highest BCUT2D eigenvalue weighted by Gasteiger charge is 2.05. The summed E-state index contributed by atoms with van der Waals surface area (Å²) in [6.45, 7) is 3.90. The Morgan fingerprint density at radius 3 is 2.58 bits per heavy atom. The van der Waals surface area contributed by atoms with Gasteiger partial charge in [-0.25, -0.2) is 0 Å². The van der Waals surface area contributed by atoms with Crippen LogP contribution in [0.4, 0.5) is 5.69 Å². The third-order valence-corrected chi connectivity index (χ3v) is 3.61. The van der Waals surface area contributed by atoms with Crippen molar-refractivity contribution in [1.29, 1.82) is 0 Å². The van der Waals surface area contributed by atoms with E-state index in [1.165, 1.54) is 18.4 Å². The second-order valence-electron chi connectivity index (χ2n) is 6.03. The number of amides is 1. The van der Waals surface area contributed by atoms with Crippen molar-refractivity contribution in [2.45, 2.75) is 20.0 Å². The summed E-state index contributed by atoms with van der Waals surface area (Å²) in [6, 6.07) is 14.1. The zero-order valence-corrected chi connectivity index (χ0v) is 14.6. The molecule has 26 heavy (non-hydrogen) atoms. The summed E-state index contributed by atoms with van der Waals surface area (Å²) >= 11 is 0. The molecule has 0 spiro atoms. The first-order valence-corrected chi connectivity index (χ1v) is 8.29. The maximum absolute atomic E-state index is 12.4. The van der Waals surface area contributed by atoms with E-state index >= 15 is 0 Å². The quantitative estimate of drug-likeness (QED) is 0.700. The van der Waals surface area contributed by atoms with Crippen molar-refractivity contribution in [3.05, 3.63) is 76.7 Å². The van der Waals surface area contributed by atoms with Crippen molar-refractivity contribution in [3.63, 3.8) is 0 Å².